The molecule has 1 fully saturated rings. The number of primary amides is 1. The Labute approximate surface area is 114 Å². The van der Waals surface area contributed by atoms with E-state index in [0.29, 0.717) is 6.04 Å². The van der Waals surface area contributed by atoms with Crippen molar-refractivity contribution >= 4 is 11.6 Å². The molecule has 0 saturated heterocycles. The number of nitrogens with two attached hydrogens (primary N) is 1. The molecule has 0 aromatic heterocycles. The fraction of sp³-hybridized carbons (Fsp3) is 0.533. The van der Waals surface area contributed by atoms with Crippen LogP contribution in [0.3, 0.4) is 0 Å². The zero-order valence-electron chi connectivity index (χ0n) is 11.1. The Morgan fingerprint density at radius 1 is 1.42 bits per heavy atom. The van der Waals surface area contributed by atoms with Gasteiger partial charge in [-0.3, -0.25) is 4.79 Å². The molecular formula is C15H21N3O. The minimum absolute atomic E-state index is 0.180. The zero-order valence-corrected chi connectivity index (χ0v) is 11.1. The summed E-state index contributed by atoms with van der Waals surface area (Å²) >= 11 is 0. The van der Waals surface area contributed by atoms with Crippen molar-refractivity contribution in [1.82, 2.24) is 5.32 Å². The van der Waals surface area contributed by atoms with E-state index in [-0.39, 0.29) is 11.9 Å². The number of carbonyl (C=O) groups is 1. The average molecular weight is 259 g/mol. The van der Waals surface area contributed by atoms with Gasteiger partial charge in [0.2, 0.25) is 5.91 Å². The van der Waals surface area contributed by atoms with E-state index >= 15 is 0 Å². The van der Waals surface area contributed by atoms with Crippen LogP contribution in [0.2, 0.25) is 0 Å². The van der Waals surface area contributed by atoms with Gasteiger partial charge in [-0.25, -0.2) is 0 Å². The molecule has 1 aromatic carbocycles. The summed E-state index contributed by atoms with van der Waals surface area (Å²) in [5.41, 5.74) is 8.20. The van der Waals surface area contributed by atoms with E-state index in [1.54, 1.807) is 0 Å². The Balaban J connectivity index is 1.58. The Kier molecular flexibility index (Phi) is 3.42. The van der Waals surface area contributed by atoms with E-state index in [4.69, 9.17) is 5.73 Å². The van der Waals surface area contributed by atoms with Gasteiger partial charge < -0.3 is 16.0 Å². The Morgan fingerprint density at radius 2 is 2.21 bits per heavy atom. The molecule has 1 atom stereocenters. The molecule has 1 heterocycles. The third-order valence-corrected chi connectivity index (χ3v) is 4.03. The molecular weight excluding hydrogens is 238 g/mol. The van der Waals surface area contributed by atoms with Gasteiger partial charge >= 0.3 is 0 Å². The van der Waals surface area contributed by atoms with Gasteiger partial charge in [0.25, 0.3) is 0 Å². The number of nitrogens with zero attached hydrogens (tertiary/aromatic N) is 1. The maximum absolute atomic E-state index is 11.5. The summed E-state index contributed by atoms with van der Waals surface area (Å²) in [5, 5.41) is 3.34. The molecule has 0 spiro atoms. The minimum Gasteiger partial charge on any atom is -0.371 e. The molecule has 1 aromatic rings. The lowest BCUT2D eigenvalue weighted by molar-refractivity contribution is -0.120. The molecule has 3 rings (SSSR count). The molecule has 19 heavy (non-hydrogen) atoms. The molecule has 1 aliphatic carbocycles. The normalized spacial score (nSPS) is 19.3. The van der Waals surface area contributed by atoms with Crippen LogP contribution in [0.25, 0.3) is 0 Å². The second kappa shape index (κ2) is 5.21. The number of hydrogen-bond donors (Lipinski definition) is 2. The van der Waals surface area contributed by atoms with Crippen molar-refractivity contribution < 1.29 is 4.79 Å². The van der Waals surface area contributed by atoms with Crippen LogP contribution >= 0.6 is 0 Å². The summed E-state index contributed by atoms with van der Waals surface area (Å²) in [6.07, 6.45) is 4.25. The summed E-state index contributed by atoms with van der Waals surface area (Å²) in [4.78, 5) is 13.8. The molecule has 1 saturated carbocycles. The topological polar surface area (TPSA) is 58.4 Å². The van der Waals surface area contributed by atoms with E-state index in [0.717, 1.165) is 25.9 Å². The Hall–Kier alpha value is -1.55. The van der Waals surface area contributed by atoms with Crippen molar-refractivity contribution in [3.05, 3.63) is 29.8 Å². The predicted molar refractivity (Wildman–Crippen MR) is 76.1 cm³/mol. The molecule has 3 N–H and O–H groups in total. The first-order chi connectivity index (χ1) is 9.24. The van der Waals surface area contributed by atoms with Gasteiger partial charge in [-0.1, -0.05) is 18.2 Å². The summed E-state index contributed by atoms with van der Waals surface area (Å²) in [6, 6.07) is 8.84. The third kappa shape index (κ3) is 2.89. The monoisotopic (exact) mass is 259 g/mol. The van der Waals surface area contributed by atoms with Crippen molar-refractivity contribution in [3.8, 4) is 0 Å². The number of rotatable bonds is 6. The highest BCUT2D eigenvalue weighted by Gasteiger charge is 2.28. The molecule has 102 valence electrons. The van der Waals surface area contributed by atoms with Gasteiger partial charge in [-0.2, -0.15) is 0 Å². The smallest absolute Gasteiger partial charge is 0.234 e. The number of anilines is 1. The zero-order chi connectivity index (χ0) is 13.2. The van der Waals surface area contributed by atoms with Crippen molar-refractivity contribution in [2.75, 3.05) is 18.0 Å². The minimum atomic E-state index is -0.223. The molecule has 1 amide bonds. The van der Waals surface area contributed by atoms with Gasteiger partial charge in [0.1, 0.15) is 0 Å². The van der Waals surface area contributed by atoms with Gasteiger partial charge in [0, 0.05) is 24.8 Å². The van der Waals surface area contributed by atoms with E-state index < -0.39 is 0 Å². The molecule has 4 nitrogen and oxygen atoms in total. The van der Waals surface area contributed by atoms with Crippen LogP contribution in [0.1, 0.15) is 24.8 Å². The van der Waals surface area contributed by atoms with Gasteiger partial charge in [0.15, 0.2) is 0 Å². The van der Waals surface area contributed by atoms with Crippen LogP contribution in [0.4, 0.5) is 5.69 Å². The lowest BCUT2D eigenvalue weighted by Crippen LogP contribution is -2.44. The van der Waals surface area contributed by atoms with Crippen LogP contribution in [0.5, 0.6) is 0 Å². The summed E-state index contributed by atoms with van der Waals surface area (Å²) in [5.74, 6) is -0.223. The van der Waals surface area contributed by atoms with Crippen LogP contribution in [-0.2, 0) is 11.2 Å². The first-order valence-corrected chi connectivity index (χ1v) is 7.12. The molecule has 2 aliphatic rings. The average Bonchev–Trinajstić information content (AvgIpc) is 3.13. The van der Waals surface area contributed by atoms with Crippen molar-refractivity contribution in [3.63, 3.8) is 0 Å². The maximum Gasteiger partial charge on any atom is 0.234 e. The Bertz CT molecular complexity index is 470. The van der Waals surface area contributed by atoms with Crippen LogP contribution in [0.15, 0.2) is 24.3 Å². The van der Waals surface area contributed by atoms with Gasteiger partial charge in [-0.15, -0.1) is 0 Å². The summed E-state index contributed by atoms with van der Waals surface area (Å²) in [7, 11) is 0. The van der Waals surface area contributed by atoms with Crippen LogP contribution in [0, 0.1) is 0 Å². The molecule has 0 radical (unpaired) electrons. The second-order valence-electron chi connectivity index (χ2n) is 5.55. The first-order valence-electron chi connectivity index (χ1n) is 7.12. The van der Waals surface area contributed by atoms with Crippen LogP contribution in [-0.4, -0.2) is 31.1 Å². The van der Waals surface area contributed by atoms with Gasteiger partial charge in [0.05, 0.1) is 6.04 Å². The first kappa shape index (κ1) is 12.5. The number of carbonyl (C=O) groups excluding carboxylic acids is 1. The lowest BCUT2D eigenvalue weighted by Gasteiger charge is -2.22. The molecule has 1 unspecified atom stereocenters. The Morgan fingerprint density at radius 3 is 2.95 bits per heavy atom. The highest BCUT2D eigenvalue weighted by atomic mass is 16.1. The summed E-state index contributed by atoms with van der Waals surface area (Å²) in [6.45, 7) is 1.94. The second-order valence-corrected chi connectivity index (χ2v) is 5.55. The number of fused-ring (bicyclic) bond motifs is 1. The number of hydrogen-bond acceptors (Lipinski definition) is 3. The fourth-order valence-electron chi connectivity index (χ4n) is 2.77. The molecule has 0 bridgehead atoms. The number of para-hydroxylation sites is 1. The van der Waals surface area contributed by atoms with E-state index in [1.807, 2.05) is 0 Å². The third-order valence-electron chi connectivity index (χ3n) is 4.03. The van der Waals surface area contributed by atoms with Crippen LogP contribution < -0.4 is 16.0 Å². The molecule has 1 aliphatic heterocycles. The fourth-order valence-corrected chi connectivity index (χ4v) is 2.77. The van der Waals surface area contributed by atoms with Crippen molar-refractivity contribution in [1.29, 1.82) is 0 Å². The lowest BCUT2D eigenvalue weighted by atomic mass is 10.1. The molecule has 4 heteroatoms. The number of benzene rings is 1. The van der Waals surface area contributed by atoms with Gasteiger partial charge in [-0.05, 0) is 37.3 Å². The largest absolute Gasteiger partial charge is 0.371 e. The van der Waals surface area contributed by atoms with Crippen molar-refractivity contribution in [2.45, 2.75) is 37.8 Å². The van der Waals surface area contributed by atoms with Crippen molar-refractivity contribution in [2.24, 2.45) is 5.73 Å². The summed E-state index contributed by atoms with van der Waals surface area (Å²) < 4.78 is 0. The standard InChI is InChI=1S/C15H21N3O/c16-15(19)13(17-12-5-6-12)8-10-18-9-7-11-3-1-2-4-14(11)18/h1-4,12-13,17H,5-10H2,(H2,16,19). The highest BCUT2D eigenvalue weighted by molar-refractivity contribution is 5.80. The van der Waals surface area contributed by atoms with E-state index in [2.05, 4.69) is 34.5 Å². The van der Waals surface area contributed by atoms with E-state index in [1.165, 1.54) is 24.1 Å². The van der Waals surface area contributed by atoms with E-state index in [9.17, 15) is 4.79 Å². The predicted octanol–water partition coefficient (Wildman–Crippen LogP) is 1.05. The number of nitrogens with one attached hydrogen (secondary N) is 1. The number of amides is 1. The maximum atomic E-state index is 11.5. The highest BCUT2D eigenvalue weighted by Crippen LogP contribution is 2.27. The SMILES string of the molecule is NC(=O)C(CCN1CCc2ccccc21)NC1CC1. The quantitative estimate of drug-likeness (QED) is 0.802.